The molecule has 0 atom stereocenters. The second-order valence-corrected chi connectivity index (χ2v) is 4.46. The fraction of sp³-hybridized carbons (Fsp3) is 0.286. The smallest absolute Gasteiger partial charge is 0.206 e. The fourth-order valence-electron chi connectivity index (χ4n) is 1.88. The Balaban J connectivity index is 2.70. The quantitative estimate of drug-likeness (QED) is 0.874. The lowest BCUT2D eigenvalue weighted by Crippen LogP contribution is -2.19. The van der Waals surface area contributed by atoms with Crippen molar-refractivity contribution in [2.75, 3.05) is 0 Å². The summed E-state index contributed by atoms with van der Waals surface area (Å²) in [7, 11) is 0. The van der Waals surface area contributed by atoms with Crippen molar-refractivity contribution in [3.63, 3.8) is 0 Å². The molecule has 4 heteroatoms. The zero-order valence-electron chi connectivity index (χ0n) is 10.8. The van der Waals surface area contributed by atoms with E-state index in [1.54, 1.807) is 4.68 Å². The van der Waals surface area contributed by atoms with Gasteiger partial charge in [-0.3, -0.25) is 4.79 Å². The Kier molecular flexibility index (Phi) is 3.30. The molecule has 18 heavy (non-hydrogen) atoms. The number of aliphatic hydroxyl groups excluding tert-OH is 1. The van der Waals surface area contributed by atoms with E-state index < -0.39 is 0 Å². The van der Waals surface area contributed by atoms with Crippen molar-refractivity contribution < 1.29 is 5.11 Å². The zero-order valence-corrected chi connectivity index (χ0v) is 10.8. The second kappa shape index (κ2) is 4.74. The molecule has 0 bridgehead atoms. The van der Waals surface area contributed by atoms with Crippen LogP contribution in [0.2, 0.25) is 0 Å². The van der Waals surface area contributed by atoms with Crippen molar-refractivity contribution in [2.24, 2.45) is 0 Å². The molecule has 0 unspecified atom stereocenters. The highest BCUT2D eigenvalue weighted by Crippen LogP contribution is 2.16. The van der Waals surface area contributed by atoms with Gasteiger partial charge in [0.1, 0.15) is 5.69 Å². The first-order valence-corrected chi connectivity index (χ1v) is 5.81. The van der Waals surface area contributed by atoms with Crippen LogP contribution in [0.4, 0.5) is 0 Å². The Morgan fingerprint density at radius 1 is 1.22 bits per heavy atom. The maximum absolute atomic E-state index is 11.6. The van der Waals surface area contributed by atoms with E-state index in [1.807, 2.05) is 39.0 Å². The number of nitrogens with zero attached hydrogens (tertiary/aromatic N) is 2. The van der Waals surface area contributed by atoms with Gasteiger partial charge in [0.15, 0.2) is 0 Å². The summed E-state index contributed by atoms with van der Waals surface area (Å²) in [5, 5.41) is 13.3. The van der Waals surface area contributed by atoms with Crippen molar-refractivity contribution in [1.82, 2.24) is 9.78 Å². The average molecular weight is 244 g/mol. The van der Waals surface area contributed by atoms with Crippen LogP contribution in [-0.2, 0) is 6.61 Å². The normalized spacial score (nSPS) is 10.7. The van der Waals surface area contributed by atoms with Crippen molar-refractivity contribution in [3.8, 4) is 5.69 Å². The van der Waals surface area contributed by atoms with Gasteiger partial charge in [-0.05, 0) is 38.0 Å². The topological polar surface area (TPSA) is 55.1 Å². The molecule has 0 radical (unpaired) electrons. The summed E-state index contributed by atoms with van der Waals surface area (Å²) in [6.07, 6.45) is 0. The van der Waals surface area contributed by atoms with Crippen LogP contribution in [0, 0.1) is 20.8 Å². The largest absolute Gasteiger partial charge is 0.390 e. The summed E-state index contributed by atoms with van der Waals surface area (Å²) in [6.45, 7) is 5.49. The van der Waals surface area contributed by atoms with Gasteiger partial charge in [-0.1, -0.05) is 12.1 Å². The predicted molar refractivity (Wildman–Crippen MR) is 70.0 cm³/mol. The molecule has 1 aromatic carbocycles. The first kappa shape index (κ1) is 12.5. The van der Waals surface area contributed by atoms with E-state index in [9.17, 15) is 4.79 Å². The maximum atomic E-state index is 11.6. The van der Waals surface area contributed by atoms with Crippen LogP contribution in [0.1, 0.15) is 22.5 Å². The number of aryl methyl sites for hydroxylation is 3. The van der Waals surface area contributed by atoms with E-state index in [4.69, 9.17) is 5.11 Å². The van der Waals surface area contributed by atoms with E-state index in [0.717, 1.165) is 22.5 Å². The number of rotatable bonds is 2. The third-order valence-corrected chi connectivity index (χ3v) is 2.92. The monoisotopic (exact) mass is 244 g/mol. The number of hydrogen-bond donors (Lipinski definition) is 1. The molecule has 0 aliphatic rings. The lowest BCUT2D eigenvalue weighted by atomic mass is 10.1. The molecule has 0 aliphatic carbocycles. The Morgan fingerprint density at radius 3 is 2.61 bits per heavy atom. The lowest BCUT2D eigenvalue weighted by Gasteiger charge is -2.13. The van der Waals surface area contributed by atoms with Crippen molar-refractivity contribution in [3.05, 3.63) is 57.0 Å². The molecule has 0 aliphatic heterocycles. The minimum absolute atomic E-state index is 0.168. The molecule has 94 valence electrons. The van der Waals surface area contributed by atoms with Gasteiger partial charge in [0.25, 0.3) is 0 Å². The molecule has 4 nitrogen and oxygen atoms in total. The van der Waals surface area contributed by atoms with Crippen molar-refractivity contribution in [2.45, 2.75) is 27.4 Å². The average Bonchev–Trinajstić information content (AvgIpc) is 2.33. The summed E-state index contributed by atoms with van der Waals surface area (Å²) in [5.41, 5.74) is 3.83. The van der Waals surface area contributed by atoms with Gasteiger partial charge in [-0.25, -0.2) is 4.68 Å². The number of aliphatic hydroxyl groups is 1. The van der Waals surface area contributed by atoms with E-state index in [-0.39, 0.29) is 17.7 Å². The molecule has 0 spiro atoms. The third kappa shape index (κ3) is 2.19. The standard InChI is InChI=1S/C14H16N2O2/c1-9-4-5-10(2)13(6-9)16-11(3)7-14(18)12(8-17)15-16/h4-7,17H,8H2,1-3H3. The Labute approximate surface area is 106 Å². The van der Waals surface area contributed by atoms with E-state index in [1.165, 1.54) is 6.07 Å². The highest BCUT2D eigenvalue weighted by molar-refractivity contribution is 5.43. The lowest BCUT2D eigenvalue weighted by molar-refractivity contribution is 0.273. The van der Waals surface area contributed by atoms with Gasteiger partial charge in [0.05, 0.1) is 12.3 Å². The molecule has 0 fully saturated rings. The number of benzene rings is 1. The summed E-state index contributed by atoms with van der Waals surface area (Å²) in [6, 6.07) is 7.56. The number of aromatic nitrogens is 2. The van der Waals surface area contributed by atoms with Crippen molar-refractivity contribution >= 4 is 0 Å². The van der Waals surface area contributed by atoms with Gasteiger partial charge in [0.2, 0.25) is 5.43 Å². The third-order valence-electron chi connectivity index (χ3n) is 2.92. The molecule has 1 heterocycles. The molecule has 0 saturated heterocycles. The molecule has 1 N–H and O–H groups in total. The molecule has 0 saturated carbocycles. The van der Waals surface area contributed by atoms with Gasteiger partial charge >= 0.3 is 0 Å². The molecular formula is C14H16N2O2. The van der Waals surface area contributed by atoms with Crippen LogP contribution in [-0.4, -0.2) is 14.9 Å². The summed E-state index contributed by atoms with van der Waals surface area (Å²) < 4.78 is 1.70. The molecular weight excluding hydrogens is 228 g/mol. The first-order valence-electron chi connectivity index (χ1n) is 5.81. The van der Waals surface area contributed by atoms with Crippen LogP contribution in [0.5, 0.6) is 0 Å². The molecule has 1 aromatic heterocycles. The predicted octanol–water partition coefficient (Wildman–Crippen LogP) is 1.65. The Bertz CT molecular complexity index is 645. The second-order valence-electron chi connectivity index (χ2n) is 4.46. The zero-order chi connectivity index (χ0) is 13.3. The minimum Gasteiger partial charge on any atom is -0.390 e. The van der Waals surface area contributed by atoms with Gasteiger partial charge in [-0.2, -0.15) is 5.10 Å². The summed E-state index contributed by atoms with van der Waals surface area (Å²) in [4.78, 5) is 11.6. The van der Waals surface area contributed by atoms with Gasteiger partial charge < -0.3 is 5.11 Å². The van der Waals surface area contributed by atoms with E-state index >= 15 is 0 Å². The summed E-state index contributed by atoms with van der Waals surface area (Å²) in [5.74, 6) is 0. The van der Waals surface area contributed by atoms with Crippen LogP contribution in [0.15, 0.2) is 29.1 Å². The van der Waals surface area contributed by atoms with Crippen molar-refractivity contribution in [1.29, 1.82) is 0 Å². The van der Waals surface area contributed by atoms with Crippen LogP contribution in [0.25, 0.3) is 5.69 Å². The molecule has 0 amide bonds. The Morgan fingerprint density at radius 2 is 1.94 bits per heavy atom. The van der Waals surface area contributed by atoms with Crippen LogP contribution in [0.3, 0.4) is 0 Å². The Hall–Kier alpha value is -1.94. The van der Waals surface area contributed by atoms with E-state index in [0.29, 0.717) is 0 Å². The maximum Gasteiger partial charge on any atom is 0.206 e. The van der Waals surface area contributed by atoms with Crippen LogP contribution >= 0.6 is 0 Å². The number of hydrogen-bond acceptors (Lipinski definition) is 3. The first-order chi connectivity index (χ1) is 8.52. The fourth-order valence-corrected chi connectivity index (χ4v) is 1.88. The van der Waals surface area contributed by atoms with Crippen LogP contribution < -0.4 is 5.43 Å². The minimum atomic E-state index is -0.343. The highest BCUT2D eigenvalue weighted by atomic mass is 16.3. The SMILES string of the molecule is Cc1ccc(C)c(-n2nc(CO)c(=O)cc2C)c1. The molecule has 2 rings (SSSR count). The van der Waals surface area contributed by atoms with Gasteiger partial charge in [0, 0.05) is 11.8 Å². The highest BCUT2D eigenvalue weighted by Gasteiger charge is 2.08. The van der Waals surface area contributed by atoms with E-state index in [2.05, 4.69) is 5.10 Å². The van der Waals surface area contributed by atoms with Gasteiger partial charge in [-0.15, -0.1) is 0 Å². The summed E-state index contributed by atoms with van der Waals surface area (Å²) >= 11 is 0. The molecule has 2 aromatic rings.